The Labute approximate surface area is 67.4 Å². The number of hydrogen-bond donors (Lipinski definition) is 1. The molecule has 0 fully saturated rings. The average Bonchev–Trinajstić information content (AvgIpc) is 1.96. The highest BCUT2D eigenvalue weighted by Gasteiger charge is 1.87. The Morgan fingerprint density at radius 1 is 1.64 bits per heavy atom. The quantitative estimate of drug-likeness (QED) is 0.478. The molecule has 0 unspecified atom stereocenters. The maximum Gasteiger partial charge on any atom is 0.216 e. The minimum absolute atomic E-state index is 0.0284. The van der Waals surface area contributed by atoms with Gasteiger partial charge in [-0.25, -0.2) is 0 Å². The van der Waals surface area contributed by atoms with Crippen LogP contribution in [0, 0.1) is 0 Å². The Balaban J connectivity index is 3.02. The first kappa shape index (κ1) is 10.0. The summed E-state index contributed by atoms with van der Waals surface area (Å²) in [6, 6.07) is 0. The van der Waals surface area contributed by atoms with Crippen LogP contribution in [0.3, 0.4) is 0 Å². The molecule has 1 N–H and O–H groups in total. The molecule has 0 aliphatic heterocycles. The minimum atomic E-state index is 0.0284. The third kappa shape index (κ3) is 9.01. The maximum atomic E-state index is 10.4. The average molecular weight is 157 g/mol. The van der Waals surface area contributed by atoms with Crippen molar-refractivity contribution in [1.82, 2.24) is 5.32 Å². The fourth-order valence-corrected chi connectivity index (χ4v) is 0.649. The smallest absolute Gasteiger partial charge is 0.216 e. The fraction of sp³-hybridized carbons (Fsp3) is 0.625. The van der Waals surface area contributed by atoms with Crippen molar-refractivity contribution >= 4 is 5.91 Å². The first-order valence-corrected chi connectivity index (χ1v) is 3.69. The lowest BCUT2D eigenvalue weighted by Crippen LogP contribution is -2.20. The number of rotatable bonds is 5. The molecule has 0 bridgehead atoms. The van der Waals surface area contributed by atoms with Crippen LogP contribution in [0.15, 0.2) is 12.3 Å². The van der Waals surface area contributed by atoms with Crippen LogP contribution in [-0.2, 0) is 9.53 Å². The molecule has 0 aliphatic carbocycles. The molecule has 0 aromatic heterocycles. The largest absolute Gasteiger partial charge is 0.505 e. The second-order valence-corrected chi connectivity index (χ2v) is 2.23. The normalized spacial score (nSPS) is 10.0. The number of nitrogens with one attached hydrogen (secondary N) is 1. The van der Waals surface area contributed by atoms with Gasteiger partial charge in [-0.05, 0) is 18.9 Å². The van der Waals surface area contributed by atoms with Crippen LogP contribution in [0.5, 0.6) is 0 Å². The molecule has 11 heavy (non-hydrogen) atoms. The second kappa shape index (κ2) is 7.12. The van der Waals surface area contributed by atoms with Gasteiger partial charge in [0.1, 0.15) is 0 Å². The van der Waals surface area contributed by atoms with Crippen molar-refractivity contribution in [3.8, 4) is 0 Å². The maximum absolute atomic E-state index is 10.4. The summed E-state index contributed by atoms with van der Waals surface area (Å²) in [5, 5.41) is 2.71. The van der Waals surface area contributed by atoms with Gasteiger partial charge < -0.3 is 10.1 Å². The Bertz CT molecular complexity index is 132. The molecule has 0 spiro atoms. The van der Waals surface area contributed by atoms with E-state index in [0.29, 0.717) is 0 Å². The third-order valence-electron chi connectivity index (χ3n) is 1.15. The Morgan fingerprint density at radius 2 is 2.36 bits per heavy atom. The standard InChI is InChI=1S/C8H15NO2/c1-8(10)9-6-4-3-5-7-11-2/h5,7H,3-4,6H2,1-2H3,(H,9,10). The van der Waals surface area contributed by atoms with Crippen molar-refractivity contribution in [1.29, 1.82) is 0 Å². The van der Waals surface area contributed by atoms with E-state index < -0.39 is 0 Å². The van der Waals surface area contributed by atoms with E-state index in [9.17, 15) is 4.79 Å². The molecule has 0 aromatic rings. The molecule has 0 rings (SSSR count). The molecule has 64 valence electrons. The van der Waals surface area contributed by atoms with Gasteiger partial charge in [-0.1, -0.05) is 0 Å². The highest BCUT2D eigenvalue weighted by Crippen LogP contribution is 1.88. The van der Waals surface area contributed by atoms with Gasteiger partial charge in [0.15, 0.2) is 0 Å². The highest BCUT2D eigenvalue weighted by molar-refractivity contribution is 5.72. The number of hydrogen-bond acceptors (Lipinski definition) is 2. The predicted octanol–water partition coefficient (Wildman–Crippen LogP) is 1.06. The summed E-state index contributed by atoms with van der Waals surface area (Å²) in [7, 11) is 1.62. The summed E-state index contributed by atoms with van der Waals surface area (Å²) < 4.78 is 4.70. The van der Waals surface area contributed by atoms with Gasteiger partial charge in [-0.15, -0.1) is 0 Å². The molecule has 0 aliphatic rings. The van der Waals surface area contributed by atoms with Gasteiger partial charge in [-0.2, -0.15) is 0 Å². The van der Waals surface area contributed by atoms with Crippen LogP contribution in [0.4, 0.5) is 0 Å². The second-order valence-electron chi connectivity index (χ2n) is 2.23. The van der Waals surface area contributed by atoms with Crippen LogP contribution >= 0.6 is 0 Å². The molecule has 0 radical (unpaired) electrons. The Hall–Kier alpha value is -0.990. The van der Waals surface area contributed by atoms with Gasteiger partial charge in [0.2, 0.25) is 5.91 Å². The SMILES string of the molecule is COC=CCCCNC(C)=O. The van der Waals surface area contributed by atoms with Gasteiger partial charge >= 0.3 is 0 Å². The first-order chi connectivity index (χ1) is 5.27. The first-order valence-electron chi connectivity index (χ1n) is 3.69. The van der Waals surface area contributed by atoms with Crippen LogP contribution in [-0.4, -0.2) is 19.6 Å². The molecular formula is C8H15NO2. The van der Waals surface area contributed by atoms with Gasteiger partial charge in [0.05, 0.1) is 13.4 Å². The van der Waals surface area contributed by atoms with E-state index in [4.69, 9.17) is 4.74 Å². The predicted molar refractivity (Wildman–Crippen MR) is 44.1 cm³/mol. The van der Waals surface area contributed by atoms with Gasteiger partial charge in [0.25, 0.3) is 0 Å². The molecule has 0 atom stereocenters. The molecule has 0 aromatic carbocycles. The van der Waals surface area contributed by atoms with E-state index in [2.05, 4.69) is 5.32 Å². The molecular weight excluding hydrogens is 142 g/mol. The molecule has 0 saturated heterocycles. The van der Waals surface area contributed by atoms with Crippen LogP contribution < -0.4 is 5.32 Å². The summed E-state index contributed by atoms with van der Waals surface area (Å²) >= 11 is 0. The molecule has 0 saturated carbocycles. The molecule has 3 heteroatoms. The number of ether oxygens (including phenoxy) is 1. The summed E-state index contributed by atoms with van der Waals surface area (Å²) in [6.07, 6.45) is 5.48. The van der Waals surface area contributed by atoms with Gasteiger partial charge in [-0.3, -0.25) is 4.79 Å². The number of unbranched alkanes of at least 4 members (excludes halogenated alkanes) is 1. The zero-order chi connectivity index (χ0) is 8.53. The van der Waals surface area contributed by atoms with Crippen LogP contribution in [0.2, 0.25) is 0 Å². The number of carbonyl (C=O) groups excluding carboxylic acids is 1. The van der Waals surface area contributed by atoms with Crippen LogP contribution in [0.1, 0.15) is 19.8 Å². The molecule has 1 amide bonds. The van der Waals surface area contributed by atoms with Gasteiger partial charge in [0, 0.05) is 13.5 Å². The van der Waals surface area contributed by atoms with E-state index in [-0.39, 0.29) is 5.91 Å². The Kier molecular flexibility index (Phi) is 6.48. The van der Waals surface area contributed by atoms with Crippen molar-refractivity contribution in [2.75, 3.05) is 13.7 Å². The molecule has 0 heterocycles. The minimum Gasteiger partial charge on any atom is -0.505 e. The lowest BCUT2D eigenvalue weighted by molar-refractivity contribution is -0.118. The van der Waals surface area contributed by atoms with Crippen molar-refractivity contribution in [3.63, 3.8) is 0 Å². The van der Waals surface area contributed by atoms with E-state index in [1.165, 1.54) is 6.92 Å². The summed E-state index contributed by atoms with van der Waals surface area (Å²) in [5.41, 5.74) is 0. The van der Waals surface area contributed by atoms with Crippen molar-refractivity contribution in [2.45, 2.75) is 19.8 Å². The number of carbonyl (C=O) groups is 1. The summed E-state index contributed by atoms with van der Waals surface area (Å²) in [4.78, 5) is 10.4. The van der Waals surface area contributed by atoms with E-state index in [1.807, 2.05) is 6.08 Å². The van der Waals surface area contributed by atoms with Crippen molar-refractivity contribution in [2.24, 2.45) is 0 Å². The Morgan fingerprint density at radius 3 is 2.91 bits per heavy atom. The fourth-order valence-electron chi connectivity index (χ4n) is 0.649. The third-order valence-corrected chi connectivity index (χ3v) is 1.15. The topological polar surface area (TPSA) is 38.3 Å². The number of allylic oxidation sites excluding steroid dienone is 1. The monoisotopic (exact) mass is 157 g/mol. The van der Waals surface area contributed by atoms with E-state index >= 15 is 0 Å². The zero-order valence-corrected chi connectivity index (χ0v) is 7.09. The van der Waals surface area contributed by atoms with Crippen molar-refractivity contribution < 1.29 is 9.53 Å². The lowest BCUT2D eigenvalue weighted by Gasteiger charge is -1.97. The highest BCUT2D eigenvalue weighted by atomic mass is 16.5. The van der Waals surface area contributed by atoms with E-state index in [1.54, 1.807) is 13.4 Å². The number of amides is 1. The lowest BCUT2D eigenvalue weighted by atomic mass is 10.3. The molecule has 3 nitrogen and oxygen atoms in total. The summed E-state index contributed by atoms with van der Waals surface area (Å²) in [6.45, 7) is 2.26. The zero-order valence-electron chi connectivity index (χ0n) is 7.09. The van der Waals surface area contributed by atoms with E-state index in [0.717, 1.165) is 19.4 Å². The van der Waals surface area contributed by atoms with Crippen molar-refractivity contribution in [3.05, 3.63) is 12.3 Å². The van der Waals surface area contributed by atoms with Crippen LogP contribution in [0.25, 0.3) is 0 Å². The summed E-state index contributed by atoms with van der Waals surface area (Å²) in [5.74, 6) is 0.0284. The number of methoxy groups -OCH3 is 1.